The van der Waals surface area contributed by atoms with Crippen molar-refractivity contribution in [2.75, 3.05) is 37.6 Å². The van der Waals surface area contributed by atoms with Crippen LogP contribution in [0.15, 0.2) is 60.8 Å². The number of hydrogen-bond acceptors (Lipinski definition) is 4. The quantitative estimate of drug-likeness (QED) is 0.602. The minimum Gasteiger partial charge on any atom is -0.368 e. The number of halogens is 1. The van der Waals surface area contributed by atoms with Crippen LogP contribution < -0.4 is 10.2 Å². The predicted octanol–water partition coefficient (Wildman–Crippen LogP) is 3.73. The van der Waals surface area contributed by atoms with Gasteiger partial charge in [-0.25, -0.2) is 4.68 Å². The highest BCUT2D eigenvalue weighted by Crippen LogP contribution is 2.24. The number of para-hydroxylation sites is 1. The lowest BCUT2D eigenvalue weighted by Crippen LogP contribution is -2.51. The molecule has 8 heteroatoms. The average molecular weight is 466 g/mol. The highest BCUT2D eigenvalue weighted by atomic mass is 35.5. The van der Waals surface area contributed by atoms with Gasteiger partial charge < -0.3 is 15.1 Å². The van der Waals surface area contributed by atoms with Crippen LogP contribution in [0.5, 0.6) is 0 Å². The first-order valence-electron chi connectivity index (χ1n) is 11.1. The Morgan fingerprint density at radius 1 is 1.00 bits per heavy atom. The Balaban J connectivity index is 1.37. The normalized spacial score (nSPS) is 13.9. The van der Waals surface area contributed by atoms with Gasteiger partial charge in [0.05, 0.1) is 29.7 Å². The van der Waals surface area contributed by atoms with Gasteiger partial charge in [-0.15, -0.1) is 0 Å². The molecule has 0 radical (unpaired) electrons. The molecule has 1 aliphatic rings. The van der Waals surface area contributed by atoms with Crippen LogP contribution in [0.2, 0.25) is 5.02 Å². The molecule has 1 fully saturated rings. The maximum absolute atomic E-state index is 12.9. The van der Waals surface area contributed by atoms with Gasteiger partial charge >= 0.3 is 0 Å². The van der Waals surface area contributed by atoms with E-state index in [2.05, 4.69) is 27.4 Å². The molecular weight excluding hydrogens is 438 g/mol. The minimum absolute atomic E-state index is 0.0376. The van der Waals surface area contributed by atoms with Crippen molar-refractivity contribution in [3.63, 3.8) is 0 Å². The van der Waals surface area contributed by atoms with Crippen LogP contribution >= 0.6 is 11.6 Å². The second kappa shape index (κ2) is 10.1. The molecule has 1 aromatic heterocycles. The molecule has 7 nitrogen and oxygen atoms in total. The second-order valence-corrected chi connectivity index (χ2v) is 8.81. The zero-order chi connectivity index (χ0) is 23.4. The van der Waals surface area contributed by atoms with Gasteiger partial charge in [0.1, 0.15) is 0 Å². The first-order chi connectivity index (χ1) is 15.9. The Morgan fingerprint density at radius 2 is 1.70 bits per heavy atom. The van der Waals surface area contributed by atoms with Crippen LogP contribution in [0.25, 0.3) is 5.69 Å². The van der Waals surface area contributed by atoms with Crippen LogP contribution in [-0.4, -0.2) is 59.2 Å². The number of benzene rings is 2. The zero-order valence-corrected chi connectivity index (χ0v) is 19.6. The van der Waals surface area contributed by atoms with Crippen molar-refractivity contribution >= 4 is 29.1 Å². The van der Waals surface area contributed by atoms with Crippen LogP contribution in [0.3, 0.4) is 0 Å². The fourth-order valence-corrected chi connectivity index (χ4v) is 4.30. The molecule has 0 bridgehead atoms. The smallest absolute Gasteiger partial charge is 0.255 e. The van der Waals surface area contributed by atoms with E-state index in [-0.39, 0.29) is 24.3 Å². The average Bonchev–Trinajstić information content (AvgIpc) is 3.29. The van der Waals surface area contributed by atoms with Crippen molar-refractivity contribution < 1.29 is 9.59 Å². The van der Waals surface area contributed by atoms with Gasteiger partial charge in [0.2, 0.25) is 5.91 Å². The largest absolute Gasteiger partial charge is 0.368 e. The Morgan fingerprint density at radius 3 is 2.36 bits per heavy atom. The van der Waals surface area contributed by atoms with E-state index in [4.69, 9.17) is 11.6 Å². The Hall–Kier alpha value is -3.32. The van der Waals surface area contributed by atoms with E-state index in [9.17, 15) is 9.59 Å². The van der Waals surface area contributed by atoms with E-state index >= 15 is 0 Å². The third-order valence-corrected chi connectivity index (χ3v) is 6.04. The molecule has 2 aromatic carbocycles. The number of nitrogens with zero attached hydrogens (tertiary/aromatic N) is 4. The van der Waals surface area contributed by atoms with E-state index < -0.39 is 0 Å². The van der Waals surface area contributed by atoms with Gasteiger partial charge in [0, 0.05) is 36.9 Å². The molecule has 1 N–H and O–H groups in total. The van der Waals surface area contributed by atoms with Gasteiger partial charge in [0.25, 0.3) is 5.91 Å². The standard InChI is InChI=1S/C25H28ClN5O2/c1-18(2)24-22(16-28-31(24)21-10-6-7-19(26)15-21)25(33)27-17-23(32)30-13-11-29(12-14-30)20-8-4-3-5-9-20/h3-10,15-16,18H,11-14,17H2,1-2H3,(H,27,33). The molecule has 2 amide bonds. The van der Waals surface area contributed by atoms with Crippen molar-refractivity contribution in [1.82, 2.24) is 20.0 Å². The summed E-state index contributed by atoms with van der Waals surface area (Å²) in [7, 11) is 0. The fraction of sp³-hybridized carbons (Fsp3) is 0.320. The van der Waals surface area contributed by atoms with Crippen molar-refractivity contribution in [3.8, 4) is 5.69 Å². The zero-order valence-electron chi connectivity index (χ0n) is 18.9. The van der Waals surface area contributed by atoms with Gasteiger partial charge in [-0.1, -0.05) is 49.7 Å². The molecular formula is C25H28ClN5O2. The molecule has 4 rings (SSSR count). The van der Waals surface area contributed by atoms with E-state index in [0.717, 1.165) is 30.2 Å². The Labute approximate surface area is 198 Å². The number of carbonyl (C=O) groups excluding carboxylic acids is 2. The molecule has 172 valence electrons. The van der Waals surface area contributed by atoms with Gasteiger partial charge in [0.15, 0.2) is 0 Å². The number of hydrogen-bond donors (Lipinski definition) is 1. The maximum Gasteiger partial charge on any atom is 0.255 e. The summed E-state index contributed by atoms with van der Waals surface area (Å²) in [5.74, 6) is -0.332. The lowest BCUT2D eigenvalue weighted by Gasteiger charge is -2.36. The number of piperazine rings is 1. The van der Waals surface area contributed by atoms with Crippen LogP contribution in [0.4, 0.5) is 5.69 Å². The fourth-order valence-electron chi connectivity index (χ4n) is 4.12. The van der Waals surface area contributed by atoms with Gasteiger partial charge in [-0.3, -0.25) is 9.59 Å². The Bertz CT molecular complexity index is 1120. The first-order valence-corrected chi connectivity index (χ1v) is 11.5. The molecule has 0 aliphatic carbocycles. The second-order valence-electron chi connectivity index (χ2n) is 8.38. The van der Waals surface area contributed by atoms with E-state index in [1.54, 1.807) is 27.9 Å². The number of rotatable bonds is 6. The minimum atomic E-state index is -0.303. The lowest BCUT2D eigenvalue weighted by molar-refractivity contribution is -0.130. The first kappa shape index (κ1) is 22.9. The molecule has 0 unspecified atom stereocenters. The molecule has 3 aromatic rings. The highest BCUT2D eigenvalue weighted by molar-refractivity contribution is 6.30. The summed E-state index contributed by atoms with van der Waals surface area (Å²) in [6.07, 6.45) is 1.55. The van der Waals surface area contributed by atoms with E-state index in [1.165, 1.54) is 0 Å². The SMILES string of the molecule is CC(C)c1c(C(=O)NCC(=O)N2CCN(c3ccccc3)CC2)cnn1-c1cccc(Cl)c1. The van der Waals surface area contributed by atoms with Crippen LogP contribution in [-0.2, 0) is 4.79 Å². The van der Waals surface area contributed by atoms with Crippen LogP contribution in [0.1, 0.15) is 35.8 Å². The molecule has 1 saturated heterocycles. The van der Waals surface area contributed by atoms with Crippen molar-refractivity contribution in [3.05, 3.63) is 77.1 Å². The Kier molecular flexibility index (Phi) is 6.99. The number of anilines is 1. The van der Waals surface area contributed by atoms with Gasteiger partial charge in [-0.05, 0) is 36.2 Å². The summed E-state index contributed by atoms with van der Waals surface area (Å²) in [5.41, 5.74) is 3.19. The molecule has 0 saturated carbocycles. The lowest BCUT2D eigenvalue weighted by atomic mass is 10.0. The van der Waals surface area contributed by atoms with Crippen molar-refractivity contribution in [1.29, 1.82) is 0 Å². The highest BCUT2D eigenvalue weighted by Gasteiger charge is 2.24. The summed E-state index contributed by atoms with van der Waals surface area (Å²) in [4.78, 5) is 29.7. The van der Waals surface area contributed by atoms with E-state index in [1.807, 2.05) is 44.2 Å². The molecule has 0 spiro atoms. The number of nitrogens with one attached hydrogen (secondary N) is 1. The summed E-state index contributed by atoms with van der Waals surface area (Å²) in [6, 6.07) is 17.5. The number of carbonyl (C=O) groups is 2. The van der Waals surface area contributed by atoms with E-state index in [0.29, 0.717) is 23.7 Å². The molecule has 1 aliphatic heterocycles. The van der Waals surface area contributed by atoms with Crippen molar-refractivity contribution in [2.24, 2.45) is 0 Å². The topological polar surface area (TPSA) is 70.5 Å². The number of amides is 2. The monoisotopic (exact) mass is 465 g/mol. The van der Waals surface area contributed by atoms with Crippen LogP contribution in [0, 0.1) is 0 Å². The molecule has 0 atom stereocenters. The predicted molar refractivity (Wildman–Crippen MR) is 130 cm³/mol. The van der Waals surface area contributed by atoms with Gasteiger partial charge in [-0.2, -0.15) is 5.10 Å². The number of aromatic nitrogens is 2. The van der Waals surface area contributed by atoms with Crippen molar-refractivity contribution in [2.45, 2.75) is 19.8 Å². The summed E-state index contributed by atoms with van der Waals surface area (Å²) in [6.45, 7) is 6.78. The third-order valence-electron chi connectivity index (χ3n) is 5.80. The summed E-state index contributed by atoms with van der Waals surface area (Å²) in [5, 5.41) is 7.81. The summed E-state index contributed by atoms with van der Waals surface area (Å²) < 4.78 is 1.73. The third kappa shape index (κ3) is 5.20. The maximum atomic E-state index is 12.9. The molecule has 33 heavy (non-hydrogen) atoms. The molecule has 2 heterocycles. The summed E-state index contributed by atoms with van der Waals surface area (Å²) >= 11 is 6.13.